The normalized spacial score (nSPS) is 32.3. The van der Waals surface area contributed by atoms with Crippen molar-refractivity contribution in [2.75, 3.05) is 26.7 Å². The highest BCUT2D eigenvalue weighted by molar-refractivity contribution is 4.90. The number of rotatable bonds is 3. The molecule has 0 amide bonds. The molecule has 1 aliphatic carbocycles. The topological polar surface area (TPSA) is 15.3 Å². The summed E-state index contributed by atoms with van der Waals surface area (Å²) in [6, 6.07) is 0.512. The number of hydrogen-bond donors (Lipinski definition) is 1. The first-order valence-corrected chi connectivity index (χ1v) is 8.17. The molecular weight excluding hydrogens is 277 g/mol. The third-order valence-electron chi connectivity index (χ3n) is 5.43. The van der Waals surface area contributed by atoms with Crippen LogP contribution >= 0.6 is 0 Å². The van der Waals surface area contributed by atoms with Gasteiger partial charge in [-0.25, -0.2) is 0 Å². The zero-order valence-corrected chi connectivity index (χ0v) is 13.5. The molecule has 21 heavy (non-hydrogen) atoms. The van der Waals surface area contributed by atoms with Crippen LogP contribution in [0.15, 0.2) is 0 Å². The van der Waals surface area contributed by atoms with Gasteiger partial charge in [0.05, 0.1) is 5.92 Å². The SMILES string of the molecule is CNC1CCC(C)(C)CC1CN1CCC(C(F)(F)F)CC1. The van der Waals surface area contributed by atoms with Crippen LogP contribution in [0.4, 0.5) is 13.2 Å². The van der Waals surface area contributed by atoms with Gasteiger partial charge in [0.15, 0.2) is 0 Å². The molecule has 0 spiro atoms. The molecule has 0 radical (unpaired) electrons. The first-order valence-electron chi connectivity index (χ1n) is 8.17. The Bertz CT molecular complexity index is 333. The maximum absolute atomic E-state index is 12.7. The average molecular weight is 306 g/mol. The summed E-state index contributed by atoms with van der Waals surface area (Å²) >= 11 is 0. The standard InChI is InChI=1S/C16H29F3N2/c1-15(2)7-4-14(20-3)12(10-15)11-21-8-5-13(6-9-21)16(17,18)19/h12-14,20H,4-11H2,1-3H3. The zero-order chi connectivity index (χ0) is 15.7. The van der Waals surface area contributed by atoms with Crippen molar-refractivity contribution in [3.05, 3.63) is 0 Å². The maximum Gasteiger partial charge on any atom is 0.391 e. The highest BCUT2D eigenvalue weighted by Gasteiger charge is 2.42. The summed E-state index contributed by atoms with van der Waals surface area (Å²) in [7, 11) is 2.01. The molecule has 124 valence electrons. The van der Waals surface area contributed by atoms with E-state index in [-0.39, 0.29) is 12.8 Å². The van der Waals surface area contributed by atoms with E-state index >= 15 is 0 Å². The molecule has 5 heteroatoms. The third-order valence-corrected chi connectivity index (χ3v) is 5.43. The fourth-order valence-electron chi connectivity index (χ4n) is 4.08. The molecule has 2 rings (SSSR count). The molecule has 2 atom stereocenters. The maximum atomic E-state index is 12.7. The molecule has 1 N–H and O–H groups in total. The van der Waals surface area contributed by atoms with Crippen LogP contribution in [0.1, 0.15) is 46.0 Å². The van der Waals surface area contributed by atoms with Crippen molar-refractivity contribution in [2.24, 2.45) is 17.3 Å². The summed E-state index contributed by atoms with van der Waals surface area (Å²) < 4.78 is 38.2. The Balaban J connectivity index is 1.86. The second-order valence-electron chi connectivity index (χ2n) is 7.68. The summed E-state index contributed by atoms with van der Waals surface area (Å²) in [5.74, 6) is -0.530. The van der Waals surface area contributed by atoms with Crippen molar-refractivity contribution < 1.29 is 13.2 Å². The molecule has 2 aliphatic rings. The lowest BCUT2D eigenvalue weighted by Crippen LogP contribution is -2.48. The lowest BCUT2D eigenvalue weighted by Gasteiger charge is -2.44. The Morgan fingerprint density at radius 2 is 1.76 bits per heavy atom. The molecule has 1 heterocycles. The van der Waals surface area contributed by atoms with Crippen LogP contribution in [0, 0.1) is 17.3 Å². The lowest BCUT2D eigenvalue weighted by molar-refractivity contribution is -0.185. The third kappa shape index (κ3) is 4.59. The minimum Gasteiger partial charge on any atom is -0.317 e. The van der Waals surface area contributed by atoms with Gasteiger partial charge in [-0.15, -0.1) is 0 Å². The van der Waals surface area contributed by atoms with Crippen molar-refractivity contribution in [2.45, 2.75) is 58.2 Å². The second kappa shape index (κ2) is 6.45. The van der Waals surface area contributed by atoms with Crippen LogP contribution in [-0.4, -0.2) is 43.8 Å². The highest BCUT2D eigenvalue weighted by Crippen LogP contribution is 2.40. The Morgan fingerprint density at radius 3 is 2.29 bits per heavy atom. The average Bonchev–Trinajstić information content (AvgIpc) is 2.37. The van der Waals surface area contributed by atoms with E-state index in [9.17, 15) is 13.2 Å². The van der Waals surface area contributed by atoms with Crippen LogP contribution in [0.25, 0.3) is 0 Å². The molecule has 0 aromatic carbocycles. The van der Waals surface area contributed by atoms with Gasteiger partial charge in [0.25, 0.3) is 0 Å². The predicted octanol–water partition coefficient (Wildman–Crippen LogP) is 3.68. The van der Waals surface area contributed by atoms with Crippen LogP contribution in [0.5, 0.6) is 0 Å². The molecule has 0 bridgehead atoms. The van der Waals surface area contributed by atoms with E-state index in [1.165, 1.54) is 12.8 Å². The van der Waals surface area contributed by atoms with Crippen LogP contribution in [0.3, 0.4) is 0 Å². The van der Waals surface area contributed by atoms with Crippen molar-refractivity contribution >= 4 is 0 Å². The summed E-state index contributed by atoms with van der Waals surface area (Å²) in [4.78, 5) is 2.25. The Labute approximate surface area is 126 Å². The minimum absolute atomic E-state index is 0.268. The molecule has 2 fully saturated rings. The number of hydrogen-bond acceptors (Lipinski definition) is 2. The molecule has 0 aromatic rings. The van der Waals surface area contributed by atoms with E-state index in [0.29, 0.717) is 30.5 Å². The van der Waals surface area contributed by atoms with Crippen molar-refractivity contribution in [3.8, 4) is 0 Å². The monoisotopic (exact) mass is 306 g/mol. The number of nitrogens with zero attached hydrogens (tertiary/aromatic N) is 1. The molecular formula is C16H29F3N2. The Kier molecular flexibility index (Phi) is 5.24. The summed E-state index contributed by atoms with van der Waals surface area (Å²) in [5, 5.41) is 3.41. The van der Waals surface area contributed by atoms with E-state index in [2.05, 4.69) is 24.1 Å². The quantitative estimate of drug-likeness (QED) is 0.856. The van der Waals surface area contributed by atoms with Crippen LogP contribution < -0.4 is 5.32 Å². The zero-order valence-electron chi connectivity index (χ0n) is 13.5. The molecule has 0 aromatic heterocycles. The van der Waals surface area contributed by atoms with Gasteiger partial charge in [-0.1, -0.05) is 13.8 Å². The van der Waals surface area contributed by atoms with Gasteiger partial charge in [-0.3, -0.25) is 0 Å². The van der Waals surface area contributed by atoms with E-state index in [0.717, 1.165) is 13.0 Å². The second-order valence-corrected chi connectivity index (χ2v) is 7.68. The highest BCUT2D eigenvalue weighted by atomic mass is 19.4. The molecule has 2 unspecified atom stereocenters. The van der Waals surface area contributed by atoms with Crippen molar-refractivity contribution in [1.29, 1.82) is 0 Å². The van der Waals surface area contributed by atoms with Gasteiger partial charge >= 0.3 is 6.18 Å². The van der Waals surface area contributed by atoms with Crippen LogP contribution in [-0.2, 0) is 0 Å². The summed E-state index contributed by atoms with van der Waals surface area (Å²) in [5.41, 5.74) is 0.363. The van der Waals surface area contributed by atoms with Gasteiger partial charge in [-0.05, 0) is 63.6 Å². The smallest absolute Gasteiger partial charge is 0.317 e. The van der Waals surface area contributed by atoms with Gasteiger partial charge in [0, 0.05) is 12.6 Å². The molecule has 2 nitrogen and oxygen atoms in total. The number of likely N-dealkylation sites (tertiary alicyclic amines) is 1. The largest absolute Gasteiger partial charge is 0.391 e. The Hall–Kier alpha value is -0.290. The number of nitrogens with one attached hydrogen (secondary N) is 1. The van der Waals surface area contributed by atoms with Crippen LogP contribution in [0.2, 0.25) is 0 Å². The summed E-state index contributed by atoms with van der Waals surface area (Å²) in [6.07, 6.45) is 0.0934. The Morgan fingerprint density at radius 1 is 1.14 bits per heavy atom. The first-order chi connectivity index (χ1) is 9.71. The van der Waals surface area contributed by atoms with Gasteiger partial charge in [0.2, 0.25) is 0 Å². The molecule has 1 aliphatic heterocycles. The van der Waals surface area contributed by atoms with Crippen molar-refractivity contribution in [3.63, 3.8) is 0 Å². The fraction of sp³-hybridized carbons (Fsp3) is 1.00. The first kappa shape index (κ1) is 17.1. The van der Waals surface area contributed by atoms with E-state index in [4.69, 9.17) is 0 Å². The number of halogens is 3. The number of alkyl halides is 3. The fourth-order valence-corrected chi connectivity index (χ4v) is 4.08. The lowest BCUT2D eigenvalue weighted by atomic mass is 9.69. The number of piperidine rings is 1. The van der Waals surface area contributed by atoms with E-state index in [1.807, 2.05) is 7.05 Å². The van der Waals surface area contributed by atoms with Crippen molar-refractivity contribution in [1.82, 2.24) is 10.2 Å². The molecule has 1 saturated carbocycles. The molecule has 1 saturated heterocycles. The van der Waals surface area contributed by atoms with E-state index in [1.54, 1.807) is 0 Å². The van der Waals surface area contributed by atoms with E-state index < -0.39 is 12.1 Å². The van der Waals surface area contributed by atoms with Gasteiger partial charge in [0.1, 0.15) is 0 Å². The predicted molar refractivity (Wildman–Crippen MR) is 79.2 cm³/mol. The van der Waals surface area contributed by atoms with Gasteiger partial charge in [-0.2, -0.15) is 13.2 Å². The summed E-state index contributed by atoms with van der Waals surface area (Å²) in [6.45, 7) is 6.75. The minimum atomic E-state index is -4.01. The van der Waals surface area contributed by atoms with Gasteiger partial charge < -0.3 is 10.2 Å².